The van der Waals surface area contributed by atoms with Crippen molar-refractivity contribution in [3.63, 3.8) is 0 Å². The van der Waals surface area contributed by atoms with Gasteiger partial charge in [0.2, 0.25) is 5.75 Å². The van der Waals surface area contributed by atoms with Gasteiger partial charge in [-0.2, -0.15) is 9.46 Å². The summed E-state index contributed by atoms with van der Waals surface area (Å²) in [6, 6.07) is 7.61. The molecule has 124 valence electrons. The van der Waals surface area contributed by atoms with Crippen LogP contribution >= 0.6 is 31.9 Å². The monoisotopic (exact) mass is 455 g/mol. The minimum atomic E-state index is -0.642. The first kappa shape index (κ1) is 16.7. The normalized spacial score (nSPS) is 11.0. The Balaban J connectivity index is 2.38. The molecule has 24 heavy (non-hydrogen) atoms. The van der Waals surface area contributed by atoms with Crippen LogP contribution in [0.1, 0.15) is 0 Å². The maximum absolute atomic E-state index is 12.8. The Morgan fingerprint density at radius 2 is 1.62 bits per heavy atom. The molecule has 0 fully saturated rings. The quantitative estimate of drug-likeness (QED) is 0.320. The number of amides is 1. The Hall–Kier alpha value is -2.13. The Kier molecular flexibility index (Phi) is 4.22. The van der Waals surface area contributed by atoms with E-state index in [0.717, 1.165) is 0 Å². The lowest BCUT2D eigenvalue weighted by Crippen LogP contribution is -2.40. The number of rotatable bonds is 1. The average molecular weight is 457 g/mol. The van der Waals surface area contributed by atoms with Gasteiger partial charge in [-0.25, -0.2) is 4.79 Å². The number of aromatic nitrogens is 2. The molecule has 3 aromatic rings. The second-order valence-electron chi connectivity index (χ2n) is 5.23. The summed E-state index contributed by atoms with van der Waals surface area (Å²) in [5.41, 5.74) is 0.449. The zero-order valence-corrected chi connectivity index (χ0v) is 15.8. The fraction of sp³-hybridized carbons (Fsp3) is 0.133. The summed E-state index contributed by atoms with van der Waals surface area (Å²) in [6.07, 6.45) is -0.642. The fourth-order valence-corrected chi connectivity index (χ4v) is 2.91. The SMILES string of the molecule is CN(C)C(=O)Oc1cccc2c1[n+]([O-])c1cc(Br)c(Br)cc1[n+]2[O-]. The van der Waals surface area contributed by atoms with E-state index in [1.807, 2.05) is 0 Å². The van der Waals surface area contributed by atoms with Crippen LogP contribution in [0.15, 0.2) is 39.3 Å². The van der Waals surface area contributed by atoms with E-state index in [4.69, 9.17) is 4.74 Å². The number of benzene rings is 2. The summed E-state index contributed by atoms with van der Waals surface area (Å²) in [6.45, 7) is 0. The lowest BCUT2D eigenvalue weighted by atomic mass is 10.2. The molecule has 0 aliphatic heterocycles. The molecule has 1 amide bonds. The van der Waals surface area contributed by atoms with Crippen LogP contribution in [0.3, 0.4) is 0 Å². The molecular formula is C15H11Br2N3O4. The van der Waals surface area contributed by atoms with Crippen LogP contribution in [0, 0.1) is 10.4 Å². The van der Waals surface area contributed by atoms with Crippen LogP contribution in [-0.2, 0) is 0 Å². The minimum absolute atomic E-state index is 0.00979. The Labute approximate surface area is 153 Å². The number of fused-ring (bicyclic) bond motifs is 2. The molecule has 0 N–H and O–H groups in total. The van der Waals surface area contributed by atoms with Crippen molar-refractivity contribution in [2.75, 3.05) is 14.1 Å². The van der Waals surface area contributed by atoms with E-state index in [-0.39, 0.29) is 27.8 Å². The van der Waals surface area contributed by atoms with Gasteiger partial charge in [-0.1, -0.05) is 6.07 Å². The molecule has 0 saturated carbocycles. The van der Waals surface area contributed by atoms with E-state index >= 15 is 0 Å². The molecule has 0 atom stereocenters. The molecule has 0 aliphatic rings. The lowest BCUT2D eigenvalue weighted by Gasteiger charge is -2.13. The second-order valence-corrected chi connectivity index (χ2v) is 6.94. The van der Waals surface area contributed by atoms with Crippen LogP contribution in [0.2, 0.25) is 0 Å². The van der Waals surface area contributed by atoms with E-state index < -0.39 is 6.09 Å². The van der Waals surface area contributed by atoms with Crippen molar-refractivity contribution < 1.29 is 19.0 Å². The summed E-state index contributed by atoms with van der Waals surface area (Å²) in [5, 5.41) is 25.5. The zero-order chi connectivity index (χ0) is 17.6. The fourth-order valence-electron chi connectivity index (χ4n) is 2.25. The third-order valence-corrected chi connectivity index (χ3v) is 5.26. The maximum atomic E-state index is 12.8. The lowest BCUT2D eigenvalue weighted by molar-refractivity contribution is -0.591. The third kappa shape index (κ3) is 2.63. The first-order valence-electron chi connectivity index (χ1n) is 6.77. The van der Waals surface area contributed by atoms with Gasteiger partial charge in [0.1, 0.15) is 0 Å². The maximum Gasteiger partial charge on any atom is 0.414 e. The summed E-state index contributed by atoms with van der Waals surface area (Å²) >= 11 is 6.63. The van der Waals surface area contributed by atoms with Crippen molar-refractivity contribution in [1.29, 1.82) is 0 Å². The van der Waals surface area contributed by atoms with Crippen molar-refractivity contribution in [3.05, 3.63) is 49.7 Å². The number of hydrogen-bond donors (Lipinski definition) is 0. The van der Waals surface area contributed by atoms with Crippen LogP contribution < -0.4 is 14.2 Å². The van der Waals surface area contributed by atoms with Gasteiger partial charge in [0.15, 0.2) is 0 Å². The molecule has 0 aliphatic carbocycles. The van der Waals surface area contributed by atoms with Crippen LogP contribution in [-0.4, -0.2) is 25.1 Å². The van der Waals surface area contributed by atoms with E-state index in [0.29, 0.717) is 18.4 Å². The van der Waals surface area contributed by atoms with Crippen molar-refractivity contribution in [2.24, 2.45) is 0 Å². The van der Waals surface area contributed by atoms with Gasteiger partial charge in [0.05, 0.1) is 0 Å². The molecular weight excluding hydrogens is 446 g/mol. The molecule has 1 heterocycles. The Morgan fingerprint density at radius 1 is 1.04 bits per heavy atom. The molecule has 0 radical (unpaired) electrons. The summed E-state index contributed by atoms with van der Waals surface area (Å²) in [4.78, 5) is 13.0. The number of carbonyl (C=O) groups excluding carboxylic acids is 1. The third-order valence-electron chi connectivity index (χ3n) is 3.42. The first-order valence-corrected chi connectivity index (χ1v) is 8.35. The highest BCUT2D eigenvalue weighted by Crippen LogP contribution is 2.28. The van der Waals surface area contributed by atoms with Gasteiger partial charge in [-0.3, -0.25) is 0 Å². The highest BCUT2D eigenvalue weighted by molar-refractivity contribution is 9.13. The topological polar surface area (TPSA) is 83.4 Å². The van der Waals surface area contributed by atoms with E-state index in [2.05, 4.69) is 31.9 Å². The molecule has 0 saturated heterocycles. The summed E-state index contributed by atoms with van der Waals surface area (Å²) in [5.74, 6) is 0.0201. The number of para-hydroxylation sites is 1. The smallest absolute Gasteiger partial charge is 0.414 e. The molecule has 3 rings (SSSR count). The summed E-state index contributed by atoms with van der Waals surface area (Å²) in [7, 11) is 3.05. The van der Waals surface area contributed by atoms with Crippen molar-refractivity contribution in [3.8, 4) is 5.75 Å². The molecule has 7 nitrogen and oxygen atoms in total. The number of halogens is 2. The largest absolute Gasteiger partial charge is 0.617 e. The predicted molar refractivity (Wildman–Crippen MR) is 94.5 cm³/mol. The van der Waals surface area contributed by atoms with Crippen LogP contribution in [0.4, 0.5) is 4.79 Å². The van der Waals surface area contributed by atoms with Gasteiger partial charge in [-0.05, 0) is 37.9 Å². The number of carbonyl (C=O) groups is 1. The standard InChI is InChI=1S/C15H11Br2N3O4/c1-18(2)15(21)24-13-5-3-4-10-14(13)20(23)12-7-9(17)8(16)6-11(12)19(10)22/h3-7H,1-2H3. The van der Waals surface area contributed by atoms with Gasteiger partial charge in [-0.15, -0.1) is 0 Å². The highest BCUT2D eigenvalue weighted by Gasteiger charge is 2.27. The van der Waals surface area contributed by atoms with Gasteiger partial charge in [0.25, 0.3) is 16.6 Å². The molecule has 2 aromatic carbocycles. The van der Waals surface area contributed by atoms with Crippen molar-refractivity contribution in [1.82, 2.24) is 4.90 Å². The van der Waals surface area contributed by atoms with E-state index in [9.17, 15) is 15.2 Å². The zero-order valence-electron chi connectivity index (χ0n) is 12.6. The number of ether oxygens (including phenoxy) is 1. The Bertz CT molecular complexity index is 992. The summed E-state index contributed by atoms with van der Waals surface area (Å²) < 4.78 is 7.73. The van der Waals surface area contributed by atoms with Crippen LogP contribution in [0.5, 0.6) is 5.75 Å². The molecule has 9 heteroatoms. The van der Waals surface area contributed by atoms with Gasteiger partial charge >= 0.3 is 11.6 Å². The van der Waals surface area contributed by atoms with Crippen LogP contribution in [0.25, 0.3) is 22.1 Å². The first-order chi connectivity index (χ1) is 11.3. The predicted octanol–water partition coefficient (Wildman–Crippen LogP) is 2.85. The number of nitrogens with zero attached hydrogens (tertiary/aromatic N) is 3. The minimum Gasteiger partial charge on any atom is -0.617 e. The molecule has 1 aromatic heterocycles. The molecule has 0 unspecified atom stereocenters. The molecule has 0 spiro atoms. The molecule has 0 bridgehead atoms. The van der Waals surface area contributed by atoms with Gasteiger partial charge in [0, 0.05) is 41.2 Å². The van der Waals surface area contributed by atoms with E-state index in [1.54, 1.807) is 12.1 Å². The van der Waals surface area contributed by atoms with Gasteiger partial charge < -0.3 is 20.1 Å². The highest BCUT2D eigenvalue weighted by atomic mass is 79.9. The van der Waals surface area contributed by atoms with E-state index in [1.165, 1.54) is 37.2 Å². The second kappa shape index (κ2) is 6.06. The number of hydrogen-bond acceptors (Lipinski definition) is 4. The van der Waals surface area contributed by atoms with Crippen molar-refractivity contribution in [2.45, 2.75) is 0 Å². The Morgan fingerprint density at radius 3 is 2.21 bits per heavy atom. The van der Waals surface area contributed by atoms with Crippen molar-refractivity contribution >= 4 is 60.0 Å². The average Bonchev–Trinajstić information content (AvgIpc) is 2.54.